The van der Waals surface area contributed by atoms with Crippen molar-refractivity contribution in [1.82, 2.24) is 29.9 Å². The van der Waals surface area contributed by atoms with Gasteiger partial charge in [0.2, 0.25) is 0 Å². The van der Waals surface area contributed by atoms with Gasteiger partial charge >= 0.3 is 0 Å². The second-order valence-electron chi connectivity index (χ2n) is 39.1. The summed E-state index contributed by atoms with van der Waals surface area (Å²) < 4.78 is 0. The molecule has 3 aliphatic rings. The van der Waals surface area contributed by atoms with E-state index in [9.17, 15) is 0 Å². The van der Waals surface area contributed by atoms with Crippen molar-refractivity contribution in [1.29, 1.82) is 0 Å². The highest BCUT2D eigenvalue weighted by molar-refractivity contribution is 6.12. The van der Waals surface area contributed by atoms with Gasteiger partial charge < -0.3 is 0 Å². The SMILES string of the molecule is CC1(C)c2ccccc2-c2c1cc1ccccc1c2-c1ccc(-c2nc(-c3ccccc3)cc(-c3ccc4ccccc4c3)n2)cc1.CC1(C)c2ccccc2-c2c1cc1ccccc1c2-c1ccc(-c2nc(-c3ccccc3)cc(-c3cccc4ccccc34)n2)cc1.CC1(C)c2ccccc2-c2c1cc1ccccc1c2-c1cccc(-c2nc(-c3ccccc3)cc(-c3ccc4ccccc4c3)n2)c1. The van der Waals surface area contributed by atoms with Crippen LogP contribution in [0.25, 0.3) is 233 Å². The van der Waals surface area contributed by atoms with Crippen molar-refractivity contribution >= 4 is 64.6 Å². The predicted octanol–water partition coefficient (Wildman–Crippen LogP) is 35.3. The van der Waals surface area contributed by atoms with Gasteiger partial charge in [-0.25, -0.2) is 29.9 Å². The minimum absolute atomic E-state index is 0.0739. The van der Waals surface area contributed by atoms with Crippen LogP contribution in [-0.4, -0.2) is 29.9 Å². The van der Waals surface area contributed by atoms with Crippen molar-refractivity contribution in [3.8, 4) is 168 Å². The molecule has 0 fully saturated rings. The van der Waals surface area contributed by atoms with Crippen LogP contribution in [0, 0.1) is 0 Å². The van der Waals surface area contributed by atoms with Gasteiger partial charge in [0.15, 0.2) is 17.5 Å². The van der Waals surface area contributed by atoms with Gasteiger partial charge in [0.25, 0.3) is 0 Å². The molecule has 6 heteroatoms. The van der Waals surface area contributed by atoms with Crippen LogP contribution in [0.5, 0.6) is 0 Å². The van der Waals surface area contributed by atoms with E-state index in [4.69, 9.17) is 29.9 Å². The monoisotopic (exact) mass is 1800 g/mol. The summed E-state index contributed by atoms with van der Waals surface area (Å²) in [5, 5.41) is 14.8. The second kappa shape index (κ2) is 34.6. The van der Waals surface area contributed by atoms with Crippen LogP contribution in [0.1, 0.15) is 74.9 Å². The van der Waals surface area contributed by atoms with Gasteiger partial charge in [0, 0.05) is 66.3 Å². The molecule has 3 aromatic heterocycles. The maximum atomic E-state index is 5.22. The molecule has 0 amide bonds. The molecule has 6 nitrogen and oxygen atoms in total. The average Bonchev–Trinajstić information content (AvgIpc) is 1.56. The van der Waals surface area contributed by atoms with E-state index < -0.39 is 0 Å². The Labute approximate surface area is 821 Å². The van der Waals surface area contributed by atoms with Gasteiger partial charge in [-0.05, 0) is 219 Å². The van der Waals surface area contributed by atoms with E-state index in [1.54, 1.807) is 0 Å². The van der Waals surface area contributed by atoms with E-state index in [1.165, 1.54) is 165 Å². The quantitative estimate of drug-likeness (QED) is 0.121. The molecule has 0 radical (unpaired) electrons. The standard InChI is InChI=1S/3C45H32N2/c1-45(2)38-22-11-10-20-37(38)43-39(45)27-33-16-7-9-19-35(33)42(43)31-23-25-32(26-24-31)44-46-40(30-14-4-3-5-15-30)28-41(47-44)36-21-12-17-29-13-6-8-18-34(29)36;1-45(2)38-22-11-10-21-37(38)43-39(45)27-32-17-8-9-20-36(32)42(43)34-18-12-19-35(26-34)44-46-40(30-14-4-3-5-15-30)28-41(47-44)33-24-23-29-13-6-7-16-31(29)25-33;1-45(2)38-19-11-10-18-37(38)43-39(45)27-34-16-8-9-17-36(34)42(43)31-21-23-32(24-22-31)44-46-40(30-13-4-3-5-14-30)28-41(47-44)35-25-20-29-12-6-7-15-33(29)26-35/h3*3-28H,1-2H3. The zero-order chi connectivity index (χ0) is 94.6. The number of hydrogen-bond acceptors (Lipinski definition) is 6. The molecular formula is C135H96N6. The molecule has 0 spiro atoms. The molecule has 27 rings (SSSR count). The Bertz CT molecular complexity index is 9100. The van der Waals surface area contributed by atoms with E-state index in [0.29, 0.717) is 5.82 Å². The first-order chi connectivity index (χ1) is 69.1. The molecule has 0 saturated heterocycles. The third-order valence-corrected chi connectivity index (χ3v) is 29.6. The summed E-state index contributed by atoms with van der Waals surface area (Å²) in [5.74, 6) is 2.15. The number of fused-ring (bicyclic) bond motifs is 15. The first-order valence-corrected chi connectivity index (χ1v) is 48.8. The Morgan fingerprint density at radius 1 is 0.135 bits per heavy atom. The minimum atomic E-state index is -0.0931. The fourth-order valence-electron chi connectivity index (χ4n) is 22.4. The molecule has 0 atom stereocenters. The summed E-state index contributed by atoms with van der Waals surface area (Å²) in [5.41, 5.74) is 38.4. The Hall–Kier alpha value is -17.6. The molecule has 21 aromatic carbocycles. The second-order valence-corrected chi connectivity index (χ2v) is 39.1. The molecule has 0 N–H and O–H groups in total. The maximum Gasteiger partial charge on any atom is 0.160 e. The molecule has 141 heavy (non-hydrogen) atoms. The summed E-state index contributed by atoms with van der Waals surface area (Å²) >= 11 is 0. The fourth-order valence-corrected chi connectivity index (χ4v) is 22.4. The summed E-state index contributed by atoms with van der Waals surface area (Å²) in [6, 6.07) is 169. The van der Waals surface area contributed by atoms with Gasteiger partial charge in [0.05, 0.1) is 34.2 Å². The summed E-state index contributed by atoms with van der Waals surface area (Å²) in [6.45, 7) is 14.1. The molecule has 3 heterocycles. The number of rotatable bonds is 12. The highest BCUT2D eigenvalue weighted by atomic mass is 14.9. The van der Waals surface area contributed by atoms with Gasteiger partial charge in [0.1, 0.15) is 0 Å². The van der Waals surface area contributed by atoms with Crippen LogP contribution in [0.15, 0.2) is 473 Å². The zero-order valence-corrected chi connectivity index (χ0v) is 79.2. The molecule has 0 unspecified atom stereocenters. The summed E-state index contributed by atoms with van der Waals surface area (Å²) in [7, 11) is 0. The third kappa shape index (κ3) is 15.1. The molecule has 0 saturated carbocycles. The number of aromatic nitrogens is 6. The highest BCUT2D eigenvalue weighted by Crippen LogP contribution is 2.59. The van der Waals surface area contributed by atoms with E-state index in [1.807, 2.05) is 18.2 Å². The van der Waals surface area contributed by atoms with Crippen LogP contribution >= 0.6 is 0 Å². The summed E-state index contributed by atoms with van der Waals surface area (Å²) in [6.07, 6.45) is 0. The van der Waals surface area contributed by atoms with Crippen LogP contribution in [0.4, 0.5) is 0 Å². The van der Waals surface area contributed by atoms with Crippen molar-refractivity contribution in [3.05, 3.63) is 507 Å². The number of hydrogen-bond donors (Lipinski definition) is 0. The minimum Gasteiger partial charge on any atom is -0.228 e. The molecule has 666 valence electrons. The lowest BCUT2D eigenvalue weighted by atomic mass is 9.80. The van der Waals surface area contributed by atoms with E-state index in [-0.39, 0.29) is 16.2 Å². The van der Waals surface area contributed by atoms with Crippen LogP contribution in [-0.2, 0) is 16.2 Å². The normalized spacial score (nSPS) is 13.1. The van der Waals surface area contributed by atoms with E-state index >= 15 is 0 Å². The van der Waals surface area contributed by atoms with Crippen molar-refractivity contribution < 1.29 is 0 Å². The smallest absolute Gasteiger partial charge is 0.160 e. The van der Waals surface area contributed by atoms with Crippen molar-refractivity contribution in [2.24, 2.45) is 0 Å². The molecule has 0 aliphatic heterocycles. The van der Waals surface area contributed by atoms with Gasteiger partial charge in [-0.15, -0.1) is 0 Å². The first kappa shape index (κ1) is 85.1. The fraction of sp³-hybridized carbons (Fsp3) is 0.0667. The zero-order valence-electron chi connectivity index (χ0n) is 79.2. The summed E-state index contributed by atoms with van der Waals surface area (Å²) in [4.78, 5) is 31.0. The van der Waals surface area contributed by atoms with Crippen LogP contribution in [0.2, 0.25) is 0 Å². The lowest BCUT2D eigenvalue weighted by Gasteiger charge is -2.23. The topological polar surface area (TPSA) is 77.3 Å². The molecule has 0 bridgehead atoms. The van der Waals surface area contributed by atoms with Gasteiger partial charge in [-0.3, -0.25) is 0 Å². The van der Waals surface area contributed by atoms with E-state index in [0.717, 1.165) is 95.9 Å². The molecule has 3 aliphatic carbocycles. The highest BCUT2D eigenvalue weighted by Gasteiger charge is 2.41. The maximum absolute atomic E-state index is 5.22. The molecule has 24 aromatic rings. The number of nitrogens with zero attached hydrogens (tertiary/aromatic N) is 6. The number of benzene rings is 21. The Morgan fingerprint density at radius 3 is 0.801 bits per heavy atom. The Morgan fingerprint density at radius 2 is 0.397 bits per heavy atom. The van der Waals surface area contributed by atoms with Gasteiger partial charge in [-0.1, -0.05) is 460 Å². The largest absolute Gasteiger partial charge is 0.228 e. The first-order valence-electron chi connectivity index (χ1n) is 48.8. The van der Waals surface area contributed by atoms with Crippen LogP contribution in [0.3, 0.4) is 0 Å². The van der Waals surface area contributed by atoms with Crippen molar-refractivity contribution in [2.75, 3.05) is 0 Å². The third-order valence-electron chi connectivity index (χ3n) is 29.6. The molecular weight excluding hydrogens is 1710 g/mol. The van der Waals surface area contributed by atoms with E-state index in [2.05, 4.69) is 497 Å². The van der Waals surface area contributed by atoms with Crippen molar-refractivity contribution in [3.63, 3.8) is 0 Å². The average molecular weight is 1800 g/mol. The van der Waals surface area contributed by atoms with Crippen LogP contribution < -0.4 is 0 Å². The lowest BCUT2D eigenvalue weighted by Crippen LogP contribution is -2.14. The Kier molecular flexibility index (Phi) is 20.9. The lowest BCUT2D eigenvalue weighted by molar-refractivity contribution is 0.661. The predicted molar refractivity (Wildman–Crippen MR) is 589 cm³/mol. The van der Waals surface area contributed by atoms with Crippen molar-refractivity contribution in [2.45, 2.75) is 57.8 Å². The Balaban J connectivity index is 0.000000111. The van der Waals surface area contributed by atoms with Gasteiger partial charge in [-0.2, -0.15) is 0 Å².